The molecule has 0 atom stereocenters. The number of aryl methyl sites for hydroxylation is 1. The van der Waals surface area contributed by atoms with Crippen LogP contribution >= 0.6 is 11.8 Å². The molecule has 2 rings (SSSR count). The molecule has 0 aliphatic rings. The van der Waals surface area contributed by atoms with Gasteiger partial charge in [0.05, 0.1) is 0 Å². The van der Waals surface area contributed by atoms with Crippen LogP contribution in [0.2, 0.25) is 0 Å². The molecule has 2 aromatic rings. The molecule has 0 amide bonds. The molecule has 0 fully saturated rings. The summed E-state index contributed by atoms with van der Waals surface area (Å²) in [6.07, 6.45) is 0. The van der Waals surface area contributed by atoms with Crippen molar-refractivity contribution in [3.63, 3.8) is 0 Å². The molecule has 2 nitrogen and oxygen atoms in total. The first kappa shape index (κ1) is 10.9. The smallest absolute Gasteiger partial charge is 0.115 e. The van der Waals surface area contributed by atoms with Gasteiger partial charge in [0.15, 0.2) is 0 Å². The van der Waals surface area contributed by atoms with Gasteiger partial charge in [-0.15, -0.1) is 0 Å². The van der Waals surface area contributed by atoms with Gasteiger partial charge in [-0.25, -0.2) is 0 Å². The zero-order valence-electron chi connectivity index (χ0n) is 8.97. The van der Waals surface area contributed by atoms with Gasteiger partial charge in [0, 0.05) is 15.5 Å². The van der Waals surface area contributed by atoms with Crippen molar-refractivity contribution in [3.05, 3.63) is 48.0 Å². The first-order valence-electron chi connectivity index (χ1n) is 4.98. The summed E-state index contributed by atoms with van der Waals surface area (Å²) in [5, 5.41) is 9.31. The van der Waals surface area contributed by atoms with E-state index in [0.29, 0.717) is 5.75 Å². The number of nitrogen functional groups attached to an aromatic ring is 1. The van der Waals surface area contributed by atoms with Crippen LogP contribution in [0.3, 0.4) is 0 Å². The van der Waals surface area contributed by atoms with Crippen molar-refractivity contribution in [1.82, 2.24) is 0 Å². The monoisotopic (exact) mass is 231 g/mol. The van der Waals surface area contributed by atoms with Crippen LogP contribution in [0, 0.1) is 6.92 Å². The molecule has 2 aromatic carbocycles. The fraction of sp³-hybridized carbons (Fsp3) is 0.0769. The van der Waals surface area contributed by atoms with E-state index in [4.69, 9.17) is 5.73 Å². The largest absolute Gasteiger partial charge is 0.508 e. The van der Waals surface area contributed by atoms with Crippen LogP contribution < -0.4 is 5.73 Å². The van der Waals surface area contributed by atoms with Crippen molar-refractivity contribution in [2.75, 3.05) is 5.73 Å². The van der Waals surface area contributed by atoms with Crippen molar-refractivity contribution in [1.29, 1.82) is 0 Å². The second-order valence-corrected chi connectivity index (χ2v) is 4.74. The van der Waals surface area contributed by atoms with E-state index in [2.05, 4.69) is 0 Å². The van der Waals surface area contributed by atoms with Gasteiger partial charge in [0.1, 0.15) is 5.75 Å². The first-order valence-corrected chi connectivity index (χ1v) is 5.80. The van der Waals surface area contributed by atoms with E-state index in [-0.39, 0.29) is 0 Å². The lowest BCUT2D eigenvalue weighted by Gasteiger charge is -2.06. The van der Waals surface area contributed by atoms with E-state index in [9.17, 15) is 5.11 Å². The summed E-state index contributed by atoms with van der Waals surface area (Å²) in [6, 6.07) is 13.1. The quantitative estimate of drug-likeness (QED) is 0.778. The molecular formula is C13H13NOS. The Morgan fingerprint density at radius 1 is 1.06 bits per heavy atom. The average Bonchev–Trinajstić information content (AvgIpc) is 2.25. The average molecular weight is 231 g/mol. The Labute approximate surface area is 99.1 Å². The first-order chi connectivity index (χ1) is 7.65. The van der Waals surface area contributed by atoms with E-state index in [1.54, 1.807) is 23.9 Å². The Kier molecular flexibility index (Phi) is 3.06. The van der Waals surface area contributed by atoms with Gasteiger partial charge in [-0.1, -0.05) is 11.8 Å². The van der Waals surface area contributed by atoms with Gasteiger partial charge in [0.25, 0.3) is 0 Å². The zero-order valence-corrected chi connectivity index (χ0v) is 9.79. The van der Waals surface area contributed by atoms with Gasteiger partial charge >= 0.3 is 0 Å². The third-order valence-electron chi connectivity index (χ3n) is 2.27. The lowest BCUT2D eigenvalue weighted by atomic mass is 10.2. The lowest BCUT2D eigenvalue weighted by Crippen LogP contribution is -1.83. The molecule has 0 aromatic heterocycles. The molecule has 0 unspecified atom stereocenters. The molecule has 16 heavy (non-hydrogen) atoms. The Balaban J connectivity index is 2.23. The van der Waals surface area contributed by atoms with Crippen molar-refractivity contribution < 1.29 is 5.11 Å². The van der Waals surface area contributed by atoms with Crippen molar-refractivity contribution in [3.8, 4) is 5.75 Å². The summed E-state index contributed by atoms with van der Waals surface area (Å²) in [5.74, 6) is 0.305. The van der Waals surface area contributed by atoms with Crippen molar-refractivity contribution in [2.45, 2.75) is 16.7 Å². The fourth-order valence-corrected chi connectivity index (χ4v) is 2.29. The lowest BCUT2D eigenvalue weighted by molar-refractivity contribution is 0.474. The summed E-state index contributed by atoms with van der Waals surface area (Å²) in [5.41, 5.74) is 7.47. The van der Waals surface area contributed by atoms with Gasteiger partial charge in [-0.3, -0.25) is 0 Å². The Bertz CT molecular complexity index is 494. The molecule has 0 radical (unpaired) electrons. The van der Waals surface area contributed by atoms with Crippen LogP contribution in [0.4, 0.5) is 5.69 Å². The number of phenols is 1. The molecule has 3 N–H and O–H groups in total. The Morgan fingerprint density at radius 3 is 2.38 bits per heavy atom. The van der Waals surface area contributed by atoms with Crippen LogP contribution in [-0.2, 0) is 0 Å². The third-order valence-corrected chi connectivity index (χ3v) is 3.45. The number of hydrogen-bond acceptors (Lipinski definition) is 3. The summed E-state index contributed by atoms with van der Waals surface area (Å²) in [4.78, 5) is 2.28. The Hall–Kier alpha value is -1.61. The van der Waals surface area contributed by atoms with Crippen LogP contribution in [0.15, 0.2) is 52.3 Å². The molecule has 0 heterocycles. The second-order valence-electron chi connectivity index (χ2n) is 3.62. The Morgan fingerprint density at radius 2 is 1.75 bits per heavy atom. The molecule has 0 spiro atoms. The standard InChI is InChI=1S/C13H13NOS/c1-9-8-11(15)4-7-13(9)16-12-5-2-10(14)3-6-12/h2-8,15H,14H2,1H3. The molecule has 0 saturated carbocycles. The summed E-state index contributed by atoms with van der Waals surface area (Å²) in [7, 11) is 0. The highest BCUT2D eigenvalue weighted by atomic mass is 32.2. The molecular weight excluding hydrogens is 218 g/mol. The number of benzene rings is 2. The van der Waals surface area contributed by atoms with E-state index >= 15 is 0 Å². The minimum absolute atomic E-state index is 0.305. The maximum absolute atomic E-state index is 9.31. The van der Waals surface area contributed by atoms with Crippen LogP contribution in [0.25, 0.3) is 0 Å². The van der Waals surface area contributed by atoms with Gasteiger partial charge in [0.2, 0.25) is 0 Å². The topological polar surface area (TPSA) is 46.2 Å². The third kappa shape index (κ3) is 2.49. The SMILES string of the molecule is Cc1cc(O)ccc1Sc1ccc(N)cc1. The summed E-state index contributed by atoms with van der Waals surface area (Å²) < 4.78 is 0. The summed E-state index contributed by atoms with van der Waals surface area (Å²) in [6.45, 7) is 1.99. The number of anilines is 1. The number of phenolic OH excluding ortho intramolecular Hbond substituents is 1. The molecule has 0 saturated heterocycles. The maximum atomic E-state index is 9.31. The number of aromatic hydroxyl groups is 1. The van der Waals surface area contributed by atoms with Crippen LogP contribution in [0.5, 0.6) is 5.75 Å². The second kappa shape index (κ2) is 4.49. The highest BCUT2D eigenvalue weighted by Crippen LogP contribution is 2.32. The van der Waals surface area contributed by atoms with Crippen LogP contribution in [-0.4, -0.2) is 5.11 Å². The van der Waals surface area contributed by atoms with Gasteiger partial charge < -0.3 is 10.8 Å². The van der Waals surface area contributed by atoms with Gasteiger partial charge in [-0.05, 0) is 55.0 Å². The summed E-state index contributed by atoms with van der Waals surface area (Å²) >= 11 is 1.66. The van der Waals surface area contributed by atoms with E-state index in [0.717, 1.165) is 21.0 Å². The number of nitrogens with two attached hydrogens (primary N) is 1. The predicted molar refractivity (Wildman–Crippen MR) is 67.8 cm³/mol. The highest BCUT2D eigenvalue weighted by molar-refractivity contribution is 7.99. The molecule has 3 heteroatoms. The van der Waals surface area contributed by atoms with Gasteiger partial charge in [-0.2, -0.15) is 0 Å². The zero-order chi connectivity index (χ0) is 11.5. The van der Waals surface area contributed by atoms with E-state index in [1.165, 1.54) is 0 Å². The fourth-order valence-electron chi connectivity index (χ4n) is 1.41. The van der Waals surface area contributed by atoms with Crippen LogP contribution in [0.1, 0.15) is 5.56 Å². The van der Waals surface area contributed by atoms with E-state index in [1.807, 2.05) is 37.3 Å². The number of hydrogen-bond donors (Lipinski definition) is 2. The molecule has 0 aliphatic heterocycles. The predicted octanol–water partition coefficient (Wildman–Crippen LogP) is 3.43. The molecule has 82 valence electrons. The minimum atomic E-state index is 0.305. The minimum Gasteiger partial charge on any atom is -0.508 e. The highest BCUT2D eigenvalue weighted by Gasteiger charge is 2.01. The molecule has 0 aliphatic carbocycles. The normalized spacial score (nSPS) is 10.3. The van der Waals surface area contributed by atoms with Crippen molar-refractivity contribution >= 4 is 17.4 Å². The maximum Gasteiger partial charge on any atom is 0.115 e. The van der Waals surface area contributed by atoms with Crippen molar-refractivity contribution in [2.24, 2.45) is 0 Å². The molecule has 0 bridgehead atoms. The number of rotatable bonds is 2. The van der Waals surface area contributed by atoms with E-state index < -0.39 is 0 Å².